The van der Waals surface area contributed by atoms with Crippen molar-refractivity contribution in [2.24, 2.45) is 5.73 Å². The third-order valence-corrected chi connectivity index (χ3v) is 3.95. The molecule has 4 N–H and O–H groups in total. The second-order valence-corrected chi connectivity index (χ2v) is 5.86. The third kappa shape index (κ3) is 7.37. The maximum atomic E-state index is 12.7. The molecule has 0 unspecified atom stereocenters. The molecule has 0 aromatic heterocycles. The number of carbonyl (C=O) groups excluding carboxylic acids is 1. The van der Waals surface area contributed by atoms with Crippen LogP contribution in [0.4, 0.5) is 4.39 Å². The normalized spacial score (nSPS) is 10.8. The summed E-state index contributed by atoms with van der Waals surface area (Å²) in [4.78, 5) is 11.3. The first-order valence-electron chi connectivity index (χ1n) is 6.17. The SMILES string of the molecule is Cl.NCCCNC(=O)CCNS(=O)(=O)c1ccc(F)cc1. The molecule has 0 aliphatic carbocycles. The summed E-state index contributed by atoms with van der Waals surface area (Å²) >= 11 is 0. The first-order chi connectivity index (χ1) is 9.45. The van der Waals surface area contributed by atoms with Crippen molar-refractivity contribution in [1.82, 2.24) is 10.0 Å². The molecule has 120 valence electrons. The lowest BCUT2D eigenvalue weighted by Gasteiger charge is -2.07. The van der Waals surface area contributed by atoms with Gasteiger partial charge in [-0.3, -0.25) is 4.79 Å². The van der Waals surface area contributed by atoms with Crippen molar-refractivity contribution in [3.05, 3.63) is 30.1 Å². The summed E-state index contributed by atoms with van der Waals surface area (Å²) in [5.41, 5.74) is 5.28. The Labute approximate surface area is 129 Å². The molecule has 21 heavy (non-hydrogen) atoms. The summed E-state index contributed by atoms with van der Waals surface area (Å²) in [5.74, 6) is -0.761. The van der Waals surface area contributed by atoms with E-state index >= 15 is 0 Å². The van der Waals surface area contributed by atoms with Crippen LogP contribution in [0.3, 0.4) is 0 Å². The molecule has 1 aromatic rings. The highest BCUT2D eigenvalue weighted by atomic mass is 35.5. The quantitative estimate of drug-likeness (QED) is 0.596. The fourth-order valence-corrected chi connectivity index (χ4v) is 2.45. The Bertz CT molecular complexity index is 537. The highest BCUT2D eigenvalue weighted by Gasteiger charge is 2.13. The van der Waals surface area contributed by atoms with E-state index in [-0.39, 0.29) is 36.2 Å². The maximum Gasteiger partial charge on any atom is 0.240 e. The number of nitrogens with two attached hydrogens (primary N) is 1. The van der Waals surface area contributed by atoms with Crippen molar-refractivity contribution in [1.29, 1.82) is 0 Å². The zero-order valence-corrected chi connectivity index (χ0v) is 13.0. The molecule has 0 saturated heterocycles. The molecule has 9 heteroatoms. The predicted octanol–water partition coefficient (Wildman–Crippen LogP) is 0.381. The number of hydrogen-bond donors (Lipinski definition) is 3. The van der Waals surface area contributed by atoms with Gasteiger partial charge in [0, 0.05) is 19.5 Å². The molecule has 0 fully saturated rings. The summed E-state index contributed by atoms with van der Waals surface area (Å²) in [6, 6.07) is 4.46. The number of carbonyl (C=O) groups is 1. The molecule has 0 heterocycles. The highest BCUT2D eigenvalue weighted by molar-refractivity contribution is 7.89. The lowest BCUT2D eigenvalue weighted by atomic mass is 10.3. The smallest absolute Gasteiger partial charge is 0.240 e. The van der Waals surface area contributed by atoms with Crippen molar-refractivity contribution in [3.63, 3.8) is 0 Å². The maximum absolute atomic E-state index is 12.7. The van der Waals surface area contributed by atoms with Crippen LogP contribution in [-0.2, 0) is 14.8 Å². The number of rotatable bonds is 8. The molecule has 1 amide bonds. The van der Waals surface area contributed by atoms with Gasteiger partial charge in [0.05, 0.1) is 4.90 Å². The molecule has 0 spiro atoms. The van der Waals surface area contributed by atoms with Crippen molar-refractivity contribution in [3.8, 4) is 0 Å². The molecule has 0 aliphatic rings. The van der Waals surface area contributed by atoms with E-state index in [0.29, 0.717) is 19.5 Å². The van der Waals surface area contributed by atoms with E-state index < -0.39 is 15.8 Å². The van der Waals surface area contributed by atoms with Crippen molar-refractivity contribution < 1.29 is 17.6 Å². The van der Waals surface area contributed by atoms with Crippen LogP contribution in [0.15, 0.2) is 29.2 Å². The number of sulfonamides is 1. The largest absolute Gasteiger partial charge is 0.356 e. The van der Waals surface area contributed by atoms with Crippen molar-refractivity contribution in [2.75, 3.05) is 19.6 Å². The van der Waals surface area contributed by atoms with Crippen LogP contribution in [0.5, 0.6) is 0 Å². The zero-order chi connectivity index (χ0) is 15.0. The van der Waals surface area contributed by atoms with E-state index in [0.717, 1.165) is 12.1 Å². The molecule has 0 aliphatic heterocycles. The number of benzene rings is 1. The van der Waals surface area contributed by atoms with Crippen LogP contribution >= 0.6 is 12.4 Å². The fourth-order valence-electron chi connectivity index (χ4n) is 1.41. The lowest BCUT2D eigenvalue weighted by Crippen LogP contribution is -2.31. The van der Waals surface area contributed by atoms with Gasteiger partial charge in [-0.1, -0.05) is 0 Å². The Morgan fingerprint density at radius 1 is 1.19 bits per heavy atom. The molecule has 0 atom stereocenters. The van der Waals surface area contributed by atoms with Crippen LogP contribution in [0.1, 0.15) is 12.8 Å². The molecular formula is C12H19ClFN3O3S. The number of halogens is 2. The standard InChI is InChI=1S/C12H18FN3O3S.ClH/c13-10-2-4-11(5-3-10)20(18,19)16-9-6-12(17)15-8-1-7-14;/h2-5,16H,1,6-9,14H2,(H,15,17);1H. The molecule has 0 bridgehead atoms. The average Bonchev–Trinajstić information content (AvgIpc) is 2.39. The molecule has 1 rings (SSSR count). The summed E-state index contributed by atoms with van der Waals surface area (Å²) in [5, 5.41) is 2.61. The first-order valence-corrected chi connectivity index (χ1v) is 7.66. The van der Waals surface area contributed by atoms with Gasteiger partial charge in [0.25, 0.3) is 0 Å². The van der Waals surface area contributed by atoms with E-state index in [1.165, 1.54) is 12.1 Å². The number of nitrogens with one attached hydrogen (secondary N) is 2. The Morgan fingerprint density at radius 3 is 2.38 bits per heavy atom. The van der Waals surface area contributed by atoms with Gasteiger partial charge in [0.2, 0.25) is 15.9 Å². The summed E-state index contributed by atoms with van der Waals surface area (Å²) in [6.07, 6.45) is 0.706. The summed E-state index contributed by atoms with van der Waals surface area (Å²) < 4.78 is 38.6. The predicted molar refractivity (Wildman–Crippen MR) is 80.1 cm³/mol. The van der Waals surface area contributed by atoms with E-state index in [9.17, 15) is 17.6 Å². The van der Waals surface area contributed by atoms with Gasteiger partial charge >= 0.3 is 0 Å². The second kappa shape index (κ2) is 9.67. The number of hydrogen-bond acceptors (Lipinski definition) is 4. The van der Waals surface area contributed by atoms with Crippen LogP contribution < -0.4 is 15.8 Å². The van der Waals surface area contributed by atoms with E-state index in [2.05, 4.69) is 10.0 Å². The number of amides is 1. The van der Waals surface area contributed by atoms with Crippen molar-refractivity contribution >= 4 is 28.3 Å². The monoisotopic (exact) mass is 339 g/mol. The average molecular weight is 340 g/mol. The van der Waals surface area contributed by atoms with E-state index in [4.69, 9.17) is 5.73 Å². The van der Waals surface area contributed by atoms with Crippen molar-refractivity contribution in [2.45, 2.75) is 17.7 Å². The minimum Gasteiger partial charge on any atom is -0.356 e. The highest BCUT2D eigenvalue weighted by Crippen LogP contribution is 2.09. The topological polar surface area (TPSA) is 101 Å². The lowest BCUT2D eigenvalue weighted by molar-refractivity contribution is -0.120. The van der Waals surface area contributed by atoms with Gasteiger partial charge in [-0.2, -0.15) is 0 Å². The zero-order valence-electron chi connectivity index (χ0n) is 11.3. The minimum absolute atomic E-state index is 0. The van der Waals surface area contributed by atoms with E-state index in [1.54, 1.807) is 0 Å². The molecule has 6 nitrogen and oxygen atoms in total. The fraction of sp³-hybridized carbons (Fsp3) is 0.417. The van der Waals surface area contributed by atoms with E-state index in [1.807, 2.05) is 0 Å². The van der Waals surface area contributed by atoms with Gasteiger partial charge in [-0.05, 0) is 37.2 Å². The van der Waals surface area contributed by atoms with Gasteiger partial charge in [0.15, 0.2) is 0 Å². The Morgan fingerprint density at radius 2 is 1.81 bits per heavy atom. The first kappa shape index (κ1) is 19.8. The van der Waals surface area contributed by atoms with Crippen LogP contribution in [0.2, 0.25) is 0 Å². The molecule has 0 saturated carbocycles. The molecule has 0 radical (unpaired) electrons. The van der Waals surface area contributed by atoms with Gasteiger partial charge < -0.3 is 11.1 Å². The minimum atomic E-state index is -3.71. The molecule has 1 aromatic carbocycles. The third-order valence-electron chi connectivity index (χ3n) is 2.47. The van der Waals surface area contributed by atoms with Gasteiger partial charge in [-0.25, -0.2) is 17.5 Å². The van der Waals surface area contributed by atoms with Gasteiger partial charge in [-0.15, -0.1) is 12.4 Å². The Hall–Kier alpha value is -1.22. The van der Waals surface area contributed by atoms with Crippen LogP contribution in [0.25, 0.3) is 0 Å². The second-order valence-electron chi connectivity index (χ2n) is 4.09. The molecular weight excluding hydrogens is 321 g/mol. The van der Waals surface area contributed by atoms with Crippen LogP contribution in [0, 0.1) is 5.82 Å². The summed E-state index contributed by atoms with van der Waals surface area (Å²) in [7, 11) is -3.71. The van der Waals surface area contributed by atoms with Gasteiger partial charge in [0.1, 0.15) is 5.82 Å². The van der Waals surface area contributed by atoms with Crippen LogP contribution in [-0.4, -0.2) is 34.0 Å². The Balaban J connectivity index is 0.00000400. The Kier molecular flexibility index (Phi) is 9.11. The summed E-state index contributed by atoms with van der Waals surface area (Å²) in [6.45, 7) is 0.936.